The van der Waals surface area contributed by atoms with Crippen molar-refractivity contribution < 1.29 is 23.1 Å². The summed E-state index contributed by atoms with van der Waals surface area (Å²) in [6.07, 6.45) is -4.31. The van der Waals surface area contributed by atoms with Gasteiger partial charge in [-0.15, -0.1) is 11.3 Å². The summed E-state index contributed by atoms with van der Waals surface area (Å²) < 4.78 is 36.1. The van der Waals surface area contributed by atoms with Crippen molar-refractivity contribution in [1.29, 1.82) is 0 Å². The average molecular weight is 279 g/mol. The molecule has 1 aromatic rings. The lowest BCUT2D eigenvalue weighted by Gasteiger charge is -2.14. The van der Waals surface area contributed by atoms with Crippen LogP contribution in [0, 0.1) is 0 Å². The fourth-order valence-corrected chi connectivity index (χ4v) is 3.00. The molecule has 0 saturated carbocycles. The number of aliphatic hydroxyl groups excluding tert-OH is 1. The molecule has 0 aliphatic heterocycles. The second kappa shape index (κ2) is 4.89. The highest BCUT2D eigenvalue weighted by molar-refractivity contribution is 7.14. The molecule has 18 heavy (non-hydrogen) atoms. The van der Waals surface area contributed by atoms with Crippen molar-refractivity contribution in [2.75, 3.05) is 6.54 Å². The van der Waals surface area contributed by atoms with Crippen molar-refractivity contribution in [2.45, 2.75) is 31.5 Å². The van der Waals surface area contributed by atoms with Crippen molar-refractivity contribution in [1.82, 2.24) is 5.32 Å². The zero-order chi connectivity index (χ0) is 13.3. The van der Waals surface area contributed by atoms with E-state index in [-0.39, 0.29) is 0 Å². The van der Waals surface area contributed by atoms with Gasteiger partial charge >= 0.3 is 6.18 Å². The fourth-order valence-electron chi connectivity index (χ4n) is 1.83. The zero-order valence-electron chi connectivity index (χ0n) is 9.38. The first kappa shape index (κ1) is 13.4. The lowest BCUT2D eigenvalue weighted by atomic mass is 10.2. The summed E-state index contributed by atoms with van der Waals surface area (Å²) in [7, 11) is 0. The Labute approximate surface area is 106 Å². The lowest BCUT2D eigenvalue weighted by Crippen LogP contribution is -2.40. The summed E-state index contributed by atoms with van der Waals surface area (Å²) in [5, 5.41) is 10.9. The van der Waals surface area contributed by atoms with E-state index in [0.29, 0.717) is 4.88 Å². The number of carbonyl (C=O) groups excluding carboxylic acids is 1. The SMILES string of the molecule is O=C(NCC(O)C(F)(F)F)c1cc2c(s1)CCC2. The molecule has 1 atom stereocenters. The molecule has 2 N–H and O–H groups in total. The van der Waals surface area contributed by atoms with Gasteiger partial charge in [-0.3, -0.25) is 4.79 Å². The monoisotopic (exact) mass is 279 g/mol. The van der Waals surface area contributed by atoms with Gasteiger partial charge in [-0.2, -0.15) is 13.2 Å². The van der Waals surface area contributed by atoms with Crippen molar-refractivity contribution in [3.8, 4) is 0 Å². The highest BCUT2D eigenvalue weighted by Crippen LogP contribution is 2.30. The van der Waals surface area contributed by atoms with Crippen LogP contribution in [0.1, 0.15) is 26.5 Å². The molecule has 1 unspecified atom stereocenters. The minimum atomic E-state index is -4.70. The van der Waals surface area contributed by atoms with Gasteiger partial charge in [0.25, 0.3) is 5.91 Å². The number of rotatable bonds is 3. The molecule has 1 amide bonds. The molecule has 2 rings (SSSR count). The van der Waals surface area contributed by atoms with E-state index in [1.807, 2.05) is 0 Å². The number of carbonyl (C=O) groups is 1. The minimum Gasteiger partial charge on any atom is -0.382 e. The van der Waals surface area contributed by atoms with Gasteiger partial charge in [0.15, 0.2) is 6.10 Å². The third kappa shape index (κ3) is 2.84. The Balaban J connectivity index is 1.92. The minimum absolute atomic E-state index is 0.411. The van der Waals surface area contributed by atoms with Gasteiger partial charge in [0.05, 0.1) is 11.4 Å². The van der Waals surface area contributed by atoms with Crippen LogP contribution < -0.4 is 5.32 Å². The maximum atomic E-state index is 12.0. The highest BCUT2D eigenvalue weighted by Gasteiger charge is 2.38. The number of alkyl halides is 3. The van der Waals surface area contributed by atoms with Crippen molar-refractivity contribution >= 4 is 17.2 Å². The topological polar surface area (TPSA) is 49.3 Å². The van der Waals surface area contributed by atoms with Crippen LogP contribution in [0.15, 0.2) is 6.07 Å². The second-order valence-corrected chi connectivity index (χ2v) is 5.32. The number of halogens is 3. The number of thiophene rings is 1. The average Bonchev–Trinajstić information content (AvgIpc) is 2.83. The molecule has 1 heterocycles. The number of fused-ring (bicyclic) bond motifs is 1. The molecule has 0 aromatic carbocycles. The summed E-state index contributed by atoms with van der Waals surface area (Å²) in [6.45, 7) is -0.815. The molecule has 7 heteroatoms. The van der Waals surface area contributed by atoms with Gasteiger partial charge in [0, 0.05) is 4.88 Å². The van der Waals surface area contributed by atoms with E-state index < -0.39 is 24.7 Å². The van der Waals surface area contributed by atoms with Crippen LogP contribution in [0.25, 0.3) is 0 Å². The molecule has 0 bridgehead atoms. The quantitative estimate of drug-likeness (QED) is 0.887. The first-order valence-corrected chi connectivity index (χ1v) is 6.34. The summed E-state index contributed by atoms with van der Waals surface area (Å²) in [6, 6.07) is 1.72. The number of hydrogen-bond donors (Lipinski definition) is 2. The fraction of sp³-hybridized carbons (Fsp3) is 0.545. The van der Waals surface area contributed by atoms with E-state index in [0.717, 1.165) is 29.7 Å². The Morgan fingerprint density at radius 1 is 1.50 bits per heavy atom. The number of nitrogens with one attached hydrogen (secondary N) is 1. The summed E-state index contributed by atoms with van der Waals surface area (Å²) >= 11 is 1.31. The molecule has 1 aliphatic carbocycles. The first-order valence-electron chi connectivity index (χ1n) is 5.52. The van der Waals surface area contributed by atoms with E-state index in [4.69, 9.17) is 5.11 Å². The van der Waals surface area contributed by atoms with Crippen molar-refractivity contribution in [2.24, 2.45) is 0 Å². The van der Waals surface area contributed by atoms with Gasteiger partial charge in [0.1, 0.15) is 0 Å². The number of aliphatic hydroxyl groups is 1. The van der Waals surface area contributed by atoms with Crippen LogP contribution >= 0.6 is 11.3 Å². The molecule has 0 radical (unpaired) electrons. The third-order valence-electron chi connectivity index (χ3n) is 2.80. The smallest absolute Gasteiger partial charge is 0.382 e. The number of aryl methyl sites for hydroxylation is 2. The van der Waals surface area contributed by atoms with E-state index in [2.05, 4.69) is 5.32 Å². The molecule has 1 aliphatic rings. The van der Waals surface area contributed by atoms with Crippen LogP contribution in [0.3, 0.4) is 0 Å². The van der Waals surface area contributed by atoms with E-state index in [9.17, 15) is 18.0 Å². The number of hydrogen-bond acceptors (Lipinski definition) is 3. The largest absolute Gasteiger partial charge is 0.416 e. The first-order chi connectivity index (χ1) is 8.38. The summed E-state index contributed by atoms with van der Waals surface area (Å²) in [4.78, 5) is 13.1. The van der Waals surface area contributed by atoms with Gasteiger partial charge in [0.2, 0.25) is 0 Å². The molecule has 0 saturated heterocycles. The molecule has 0 fully saturated rings. The van der Waals surface area contributed by atoms with Gasteiger partial charge in [-0.05, 0) is 30.9 Å². The standard InChI is InChI=1S/C11H12F3NO2S/c12-11(13,14)9(16)5-15-10(17)8-4-6-2-1-3-7(6)18-8/h4,9,16H,1-3,5H2,(H,15,17). The number of amides is 1. The summed E-state index contributed by atoms with van der Waals surface area (Å²) in [5.41, 5.74) is 1.11. The normalized spacial score (nSPS) is 16.4. The van der Waals surface area contributed by atoms with E-state index in [1.54, 1.807) is 6.07 Å². The predicted molar refractivity (Wildman–Crippen MR) is 60.7 cm³/mol. The zero-order valence-corrected chi connectivity index (χ0v) is 10.2. The molecular weight excluding hydrogens is 267 g/mol. The Kier molecular flexibility index (Phi) is 3.63. The summed E-state index contributed by atoms with van der Waals surface area (Å²) in [5.74, 6) is -0.558. The van der Waals surface area contributed by atoms with E-state index in [1.165, 1.54) is 11.3 Å². The predicted octanol–water partition coefficient (Wildman–Crippen LogP) is 1.89. The van der Waals surface area contributed by atoms with Crippen molar-refractivity contribution in [3.05, 3.63) is 21.4 Å². The van der Waals surface area contributed by atoms with Crippen LogP contribution in [-0.2, 0) is 12.8 Å². The highest BCUT2D eigenvalue weighted by atomic mass is 32.1. The van der Waals surface area contributed by atoms with Gasteiger partial charge in [-0.1, -0.05) is 0 Å². The Morgan fingerprint density at radius 3 is 2.83 bits per heavy atom. The van der Waals surface area contributed by atoms with E-state index >= 15 is 0 Å². The molecule has 3 nitrogen and oxygen atoms in total. The van der Waals surface area contributed by atoms with Gasteiger partial charge < -0.3 is 10.4 Å². The van der Waals surface area contributed by atoms with Gasteiger partial charge in [-0.25, -0.2) is 0 Å². The van der Waals surface area contributed by atoms with Crippen molar-refractivity contribution in [3.63, 3.8) is 0 Å². The molecule has 0 spiro atoms. The third-order valence-corrected chi connectivity index (χ3v) is 4.04. The Hall–Kier alpha value is -1.08. The van der Waals surface area contributed by atoms with Crippen LogP contribution in [0.5, 0.6) is 0 Å². The van der Waals surface area contributed by atoms with Crippen LogP contribution in [0.2, 0.25) is 0 Å². The lowest BCUT2D eigenvalue weighted by molar-refractivity contribution is -0.201. The maximum absolute atomic E-state index is 12.0. The van der Waals surface area contributed by atoms with Crippen LogP contribution in [0.4, 0.5) is 13.2 Å². The molecule has 1 aromatic heterocycles. The second-order valence-electron chi connectivity index (χ2n) is 4.18. The molecular formula is C11H12F3NO2S. The Morgan fingerprint density at radius 2 is 2.22 bits per heavy atom. The van der Waals surface area contributed by atoms with Crippen LogP contribution in [-0.4, -0.2) is 29.8 Å². The maximum Gasteiger partial charge on any atom is 0.416 e. The Bertz CT molecular complexity index is 434. The molecule has 100 valence electrons.